The Kier molecular flexibility index (Phi) is 7.70. The van der Waals surface area contributed by atoms with Crippen LogP contribution in [-0.2, 0) is 19.1 Å². The number of benzene rings is 2. The predicted octanol–water partition coefficient (Wildman–Crippen LogP) is 3.64. The van der Waals surface area contributed by atoms with Crippen molar-refractivity contribution >= 4 is 18.0 Å². The molecule has 35 heavy (non-hydrogen) atoms. The quantitative estimate of drug-likeness (QED) is 0.598. The summed E-state index contributed by atoms with van der Waals surface area (Å²) in [6.07, 6.45) is 0.338. The van der Waals surface area contributed by atoms with Crippen molar-refractivity contribution in [2.45, 2.75) is 44.8 Å². The lowest BCUT2D eigenvalue weighted by atomic mass is 9.98. The molecule has 2 aliphatic rings. The average Bonchev–Trinajstić information content (AvgIpc) is 3.18. The Morgan fingerprint density at radius 3 is 2.11 bits per heavy atom. The van der Waals surface area contributed by atoms with Gasteiger partial charge in [0.25, 0.3) is 0 Å². The van der Waals surface area contributed by atoms with Gasteiger partial charge in [-0.05, 0) is 41.0 Å². The summed E-state index contributed by atoms with van der Waals surface area (Å²) in [6.45, 7) is 4.53. The standard InChI is InChI=1S/C27H32N2O6/c1-17(2)25(26(32)29-13-11-18(12-14-29)34-16-24(30)31)28-27(33)35-15-23-21-9-5-3-7-19(21)20-8-4-6-10-22(20)23/h3-10,17-18,23,25H,11-16H2,1-2H3,(H,28,33)(H,30,31)/t25-/m0/s1. The molecule has 1 fully saturated rings. The number of carbonyl (C=O) groups excluding carboxylic acids is 2. The SMILES string of the molecule is CC(C)[C@H](NC(=O)OCC1c2ccccc2-c2ccccc21)C(=O)N1CCC(OCC(=O)O)CC1. The fourth-order valence-electron chi connectivity index (χ4n) is 4.91. The Balaban J connectivity index is 1.34. The van der Waals surface area contributed by atoms with Crippen LogP contribution in [0.2, 0.25) is 0 Å². The molecule has 0 unspecified atom stereocenters. The van der Waals surface area contributed by atoms with E-state index in [2.05, 4.69) is 29.6 Å². The summed E-state index contributed by atoms with van der Waals surface area (Å²) in [6, 6.07) is 15.6. The first-order chi connectivity index (χ1) is 16.8. The van der Waals surface area contributed by atoms with Crippen LogP contribution in [0.15, 0.2) is 48.5 Å². The van der Waals surface area contributed by atoms with E-state index >= 15 is 0 Å². The lowest BCUT2D eigenvalue weighted by molar-refractivity contribution is -0.147. The van der Waals surface area contributed by atoms with Crippen molar-refractivity contribution < 1.29 is 29.0 Å². The van der Waals surface area contributed by atoms with Crippen LogP contribution in [0, 0.1) is 5.92 Å². The average molecular weight is 481 g/mol. The minimum Gasteiger partial charge on any atom is -0.480 e. The van der Waals surface area contributed by atoms with Crippen LogP contribution >= 0.6 is 0 Å². The molecule has 0 spiro atoms. The van der Waals surface area contributed by atoms with Crippen LogP contribution in [0.4, 0.5) is 4.79 Å². The second-order valence-corrected chi connectivity index (χ2v) is 9.42. The lowest BCUT2D eigenvalue weighted by Crippen LogP contribution is -2.53. The zero-order valence-corrected chi connectivity index (χ0v) is 20.1. The maximum absolute atomic E-state index is 13.2. The summed E-state index contributed by atoms with van der Waals surface area (Å²) in [5.74, 6) is -1.34. The maximum Gasteiger partial charge on any atom is 0.407 e. The first kappa shape index (κ1) is 24.7. The first-order valence-electron chi connectivity index (χ1n) is 12.1. The van der Waals surface area contributed by atoms with Crippen LogP contribution in [0.5, 0.6) is 0 Å². The van der Waals surface area contributed by atoms with Gasteiger partial charge in [-0.3, -0.25) is 4.79 Å². The Morgan fingerprint density at radius 1 is 1.00 bits per heavy atom. The summed E-state index contributed by atoms with van der Waals surface area (Å²) < 4.78 is 11.0. The minimum atomic E-state index is -1.00. The molecular formula is C27H32N2O6. The molecule has 1 heterocycles. The highest BCUT2D eigenvalue weighted by molar-refractivity contribution is 5.86. The molecule has 1 atom stereocenters. The van der Waals surface area contributed by atoms with Crippen molar-refractivity contribution in [3.8, 4) is 11.1 Å². The number of rotatable bonds is 8. The number of piperidine rings is 1. The van der Waals surface area contributed by atoms with Gasteiger partial charge in [-0.25, -0.2) is 9.59 Å². The van der Waals surface area contributed by atoms with Crippen LogP contribution < -0.4 is 5.32 Å². The number of carboxylic acid groups (broad SMARTS) is 1. The van der Waals surface area contributed by atoms with Crippen molar-refractivity contribution in [3.63, 3.8) is 0 Å². The van der Waals surface area contributed by atoms with E-state index in [0.717, 1.165) is 22.3 Å². The fourth-order valence-corrected chi connectivity index (χ4v) is 4.91. The van der Waals surface area contributed by atoms with Gasteiger partial charge in [-0.15, -0.1) is 0 Å². The molecule has 2 N–H and O–H groups in total. The van der Waals surface area contributed by atoms with Crippen LogP contribution in [0.3, 0.4) is 0 Å². The number of hydrogen-bond acceptors (Lipinski definition) is 5. The number of hydrogen-bond donors (Lipinski definition) is 2. The molecule has 2 aromatic carbocycles. The molecule has 0 radical (unpaired) electrons. The molecule has 8 heteroatoms. The van der Waals surface area contributed by atoms with E-state index in [9.17, 15) is 14.4 Å². The van der Waals surface area contributed by atoms with Crippen molar-refractivity contribution in [3.05, 3.63) is 59.7 Å². The zero-order chi connectivity index (χ0) is 24.9. The van der Waals surface area contributed by atoms with Gasteiger partial charge in [-0.1, -0.05) is 62.4 Å². The Bertz CT molecular complexity index is 1030. The minimum absolute atomic E-state index is 0.0498. The van der Waals surface area contributed by atoms with Gasteiger partial charge in [-0.2, -0.15) is 0 Å². The fraction of sp³-hybridized carbons (Fsp3) is 0.444. The molecule has 1 saturated heterocycles. The Morgan fingerprint density at radius 2 is 1.57 bits per heavy atom. The van der Waals surface area contributed by atoms with Gasteiger partial charge in [0.2, 0.25) is 5.91 Å². The van der Waals surface area contributed by atoms with E-state index in [1.165, 1.54) is 0 Å². The van der Waals surface area contributed by atoms with Gasteiger partial charge in [0.05, 0.1) is 6.10 Å². The lowest BCUT2D eigenvalue weighted by Gasteiger charge is -2.35. The Labute approximate surface area is 205 Å². The third-order valence-electron chi connectivity index (χ3n) is 6.75. The third kappa shape index (κ3) is 5.65. The van der Waals surface area contributed by atoms with Gasteiger partial charge in [0.1, 0.15) is 19.3 Å². The van der Waals surface area contributed by atoms with Crippen molar-refractivity contribution in [1.29, 1.82) is 0 Å². The smallest absolute Gasteiger partial charge is 0.407 e. The highest BCUT2D eigenvalue weighted by atomic mass is 16.5. The molecule has 0 saturated carbocycles. The van der Waals surface area contributed by atoms with E-state index in [1.54, 1.807) is 4.90 Å². The second-order valence-electron chi connectivity index (χ2n) is 9.42. The normalized spacial score (nSPS) is 16.5. The van der Waals surface area contributed by atoms with Crippen molar-refractivity contribution in [1.82, 2.24) is 10.2 Å². The van der Waals surface area contributed by atoms with E-state index in [0.29, 0.717) is 25.9 Å². The number of amides is 2. The second kappa shape index (κ2) is 10.9. The van der Waals surface area contributed by atoms with E-state index in [4.69, 9.17) is 14.6 Å². The molecule has 2 amide bonds. The van der Waals surface area contributed by atoms with E-state index in [-0.39, 0.29) is 37.1 Å². The first-order valence-corrected chi connectivity index (χ1v) is 12.1. The molecule has 1 aliphatic heterocycles. The number of carboxylic acids is 1. The summed E-state index contributed by atoms with van der Waals surface area (Å²) in [4.78, 5) is 38.3. The van der Waals surface area contributed by atoms with E-state index < -0.39 is 18.1 Å². The highest BCUT2D eigenvalue weighted by Crippen LogP contribution is 2.44. The Hall–Kier alpha value is -3.39. The molecule has 4 rings (SSSR count). The number of aliphatic carboxylic acids is 1. The van der Waals surface area contributed by atoms with Crippen molar-refractivity contribution in [2.24, 2.45) is 5.92 Å². The monoisotopic (exact) mass is 480 g/mol. The van der Waals surface area contributed by atoms with Crippen LogP contribution in [0.25, 0.3) is 11.1 Å². The van der Waals surface area contributed by atoms with Gasteiger partial charge < -0.3 is 24.8 Å². The van der Waals surface area contributed by atoms with Gasteiger partial charge in [0, 0.05) is 19.0 Å². The van der Waals surface area contributed by atoms with Crippen LogP contribution in [-0.4, -0.2) is 66.4 Å². The summed E-state index contributed by atoms with van der Waals surface area (Å²) in [7, 11) is 0. The predicted molar refractivity (Wildman–Crippen MR) is 130 cm³/mol. The van der Waals surface area contributed by atoms with Crippen LogP contribution in [0.1, 0.15) is 43.7 Å². The van der Waals surface area contributed by atoms with Crippen molar-refractivity contribution in [2.75, 3.05) is 26.3 Å². The number of carbonyl (C=O) groups is 3. The third-order valence-corrected chi connectivity index (χ3v) is 6.75. The number of fused-ring (bicyclic) bond motifs is 3. The highest BCUT2D eigenvalue weighted by Gasteiger charge is 2.33. The number of nitrogens with zero attached hydrogens (tertiary/aromatic N) is 1. The van der Waals surface area contributed by atoms with Gasteiger partial charge >= 0.3 is 12.1 Å². The largest absolute Gasteiger partial charge is 0.480 e. The molecular weight excluding hydrogens is 448 g/mol. The number of ether oxygens (including phenoxy) is 2. The topological polar surface area (TPSA) is 105 Å². The summed E-state index contributed by atoms with van der Waals surface area (Å²) >= 11 is 0. The summed E-state index contributed by atoms with van der Waals surface area (Å²) in [5.41, 5.74) is 4.57. The molecule has 0 aromatic heterocycles. The number of likely N-dealkylation sites (tertiary alicyclic amines) is 1. The molecule has 0 bridgehead atoms. The molecule has 1 aliphatic carbocycles. The molecule has 8 nitrogen and oxygen atoms in total. The summed E-state index contributed by atoms with van der Waals surface area (Å²) in [5, 5.41) is 11.5. The zero-order valence-electron chi connectivity index (χ0n) is 20.1. The number of nitrogens with one attached hydrogen (secondary N) is 1. The van der Waals surface area contributed by atoms with E-state index in [1.807, 2.05) is 38.1 Å². The number of alkyl carbamates (subject to hydrolysis) is 1. The maximum atomic E-state index is 13.2. The molecule has 186 valence electrons. The van der Waals surface area contributed by atoms with Gasteiger partial charge in [0.15, 0.2) is 0 Å². The molecule has 2 aromatic rings.